The Balaban J connectivity index is 1.89. The standard InChI is InChI=1S/C18H24ClN5O/c1-13-22-16(12-17(23-13)20-10-11-24(2)3)18(25)21-9-8-14-4-6-15(19)7-5-14/h4-7,12H,8-11H2,1-3H3,(H,21,25)(H,20,22,23). The maximum Gasteiger partial charge on any atom is 0.270 e. The zero-order valence-corrected chi connectivity index (χ0v) is 15.6. The number of aromatic nitrogens is 2. The molecule has 25 heavy (non-hydrogen) atoms. The Morgan fingerprint density at radius 3 is 2.56 bits per heavy atom. The Morgan fingerprint density at radius 1 is 1.16 bits per heavy atom. The van der Waals surface area contributed by atoms with Crippen LogP contribution in [0.1, 0.15) is 21.9 Å². The molecular weight excluding hydrogens is 338 g/mol. The fourth-order valence-electron chi connectivity index (χ4n) is 2.24. The molecule has 0 fully saturated rings. The highest BCUT2D eigenvalue weighted by Crippen LogP contribution is 2.10. The van der Waals surface area contributed by atoms with Crippen molar-refractivity contribution in [2.75, 3.05) is 39.0 Å². The summed E-state index contributed by atoms with van der Waals surface area (Å²) in [4.78, 5) is 22.9. The highest BCUT2D eigenvalue weighted by Gasteiger charge is 2.10. The van der Waals surface area contributed by atoms with E-state index in [1.165, 1.54) is 0 Å². The van der Waals surface area contributed by atoms with E-state index in [1.54, 1.807) is 13.0 Å². The van der Waals surface area contributed by atoms with E-state index in [0.29, 0.717) is 28.9 Å². The first-order valence-electron chi connectivity index (χ1n) is 8.21. The number of hydrogen-bond donors (Lipinski definition) is 2. The van der Waals surface area contributed by atoms with Gasteiger partial charge in [-0.05, 0) is 45.1 Å². The van der Waals surface area contributed by atoms with Gasteiger partial charge in [0, 0.05) is 30.7 Å². The first kappa shape index (κ1) is 19.1. The molecule has 0 saturated heterocycles. The van der Waals surface area contributed by atoms with E-state index in [-0.39, 0.29) is 5.91 Å². The number of rotatable bonds is 8. The summed E-state index contributed by atoms with van der Waals surface area (Å²) in [5, 5.41) is 6.81. The molecule has 7 heteroatoms. The Morgan fingerprint density at radius 2 is 1.88 bits per heavy atom. The first-order valence-corrected chi connectivity index (χ1v) is 8.59. The average molecular weight is 362 g/mol. The minimum Gasteiger partial charge on any atom is -0.369 e. The van der Waals surface area contributed by atoms with Gasteiger partial charge < -0.3 is 15.5 Å². The van der Waals surface area contributed by atoms with Crippen molar-refractivity contribution in [1.82, 2.24) is 20.2 Å². The van der Waals surface area contributed by atoms with E-state index in [1.807, 2.05) is 38.4 Å². The van der Waals surface area contributed by atoms with Crippen LogP contribution in [0.2, 0.25) is 5.02 Å². The Labute approximate surface area is 153 Å². The highest BCUT2D eigenvalue weighted by molar-refractivity contribution is 6.30. The normalized spacial score (nSPS) is 10.8. The number of nitrogens with zero attached hydrogens (tertiary/aromatic N) is 3. The molecule has 6 nitrogen and oxygen atoms in total. The van der Waals surface area contributed by atoms with Gasteiger partial charge in [0.15, 0.2) is 0 Å². The molecule has 1 amide bonds. The smallest absolute Gasteiger partial charge is 0.270 e. The molecule has 134 valence electrons. The molecule has 1 heterocycles. The fourth-order valence-corrected chi connectivity index (χ4v) is 2.37. The van der Waals surface area contributed by atoms with Gasteiger partial charge in [-0.25, -0.2) is 9.97 Å². The van der Waals surface area contributed by atoms with Crippen molar-refractivity contribution >= 4 is 23.3 Å². The van der Waals surface area contributed by atoms with Crippen LogP contribution in [0.5, 0.6) is 0 Å². The summed E-state index contributed by atoms with van der Waals surface area (Å²) in [7, 11) is 4.01. The predicted octanol–water partition coefficient (Wildman–Crippen LogP) is 2.38. The van der Waals surface area contributed by atoms with Crippen LogP contribution >= 0.6 is 11.6 Å². The van der Waals surface area contributed by atoms with Gasteiger partial charge >= 0.3 is 0 Å². The summed E-state index contributed by atoms with van der Waals surface area (Å²) >= 11 is 5.87. The molecule has 2 aromatic rings. The molecule has 0 bridgehead atoms. The molecule has 0 spiro atoms. The lowest BCUT2D eigenvalue weighted by molar-refractivity contribution is 0.0949. The van der Waals surface area contributed by atoms with Crippen LogP contribution in [0.3, 0.4) is 0 Å². The molecule has 2 rings (SSSR count). The average Bonchev–Trinajstić information content (AvgIpc) is 2.55. The van der Waals surface area contributed by atoms with Crippen molar-refractivity contribution in [3.8, 4) is 0 Å². The second kappa shape index (κ2) is 9.34. The van der Waals surface area contributed by atoms with Gasteiger partial charge in [-0.1, -0.05) is 23.7 Å². The summed E-state index contributed by atoms with van der Waals surface area (Å²) in [6.07, 6.45) is 0.737. The molecule has 0 aliphatic heterocycles. The second-order valence-corrected chi connectivity index (χ2v) is 6.48. The van der Waals surface area contributed by atoms with Crippen molar-refractivity contribution in [3.63, 3.8) is 0 Å². The van der Waals surface area contributed by atoms with Crippen LogP contribution in [-0.2, 0) is 6.42 Å². The van der Waals surface area contributed by atoms with E-state index in [0.717, 1.165) is 25.1 Å². The number of likely N-dealkylation sites (N-methyl/N-ethyl adjacent to an activating group) is 1. The van der Waals surface area contributed by atoms with Crippen molar-refractivity contribution < 1.29 is 4.79 Å². The minimum absolute atomic E-state index is 0.199. The number of aryl methyl sites for hydroxylation is 1. The maximum atomic E-state index is 12.3. The predicted molar refractivity (Wildman–Crippen MR) is 101 cm³/mol. The third kappa shape index (κ3) is 6.68. The number of nitrogens with one attached hydrogen (secondary N) is 2. The molecule has 0 aliphatic carbocycles. The number of amides is 1. The third-order valence-corrected chi connectivity index (χ3v) is 3.80. The van der Waals surface area contributed by atoms with Crippen molar-refractivity contribution in [1.29, 1.82) is 0 Å². The molecule has 0 aliphatic rings. The van der Waals surface area contributed by atoms with Crippen molar-refractivity contribution in [2.45, 2.75) is 13.3 Å². The number of benzene rings is 1. The molecule has 0 atom stereocenters. The zero-order valence-electron chi connectivity index (χ0n) is 14.8. The Hall–Kier alpha value is -2.18. The third-order valence-electron chi connectivity index (χ3n) is 3.55. The van der Waals surface area contributed by atoms with Gasteiger partial charge in [0.25, 0.3) is 5.91 Å². The Kier molecular flexibility index (Phi) is 7.16. The van der Waals surface area contributed by atoms with Crippen molar-refractivity contribution in [2.24, 2.45) is 0 Å². The van der Waals surface area contributed by atoms with Crippen LogP contribution in [0.15, 0.2) is 30.3 Å². The molecular formula is C18H24ClN5O. The molecule has 0 unspecified atom stereocenters. The van der Waals surface area contributed by atoms with Crippen molar-refractivity contribution in [3.05, 3.63) is 52.4 Å². The number of anilines is 1. The summed E-state index contributed by atoms with van der Waals surface area (Å²) in [5.74, 6) is 1.03. The quantitative estimate of drug-likeness (QED) is 0.755. The summed E-state index contributed by atoms with van der Waals surface area (Å²) < 4.78 is 0. The van der Waals surface area contributed by atoms with Crippen LogP contribution < -0.4 is 10.6 Å². The number of hydrogen-bond acceptors (Lipinski definition) is 5. The van der Waals surface area contributed by atoms with E-state index in [4.69, 9.17) is 11.6 Å². The topological polar surface area (TPSA) is 70.2 Å². The lowest BCUT2D eigenvalue weighted by atomic mass is 10.1. The summed E-state index contributed by atoms with van der Waals surface area (Å²) in [6.45, 7) is 3.95. The minimum atomic E-state index is -0.199. The molecule has 1 aromatic carbocycles. The number of carbonyl (C=O) groups excluding carboxylic acids is 1. The summed E-state index contributed by atoms with van der Waals surface area (Å²) in [5.41, 5.74) is 1.49. The molecule has 2 N–H and O–H groups in total. The van der Waals surface area contributed by atoms with Gasteiger partial charge in [0.05, 0.1) is 0 Å². The summed E-state index contributed by atoms with van der Waals surface area (Å²) in [6, 6.07) is 9.28. The van der Waals surface area contributed by atoms with Crippen LogP contribution in [-0.4, -0.2) is 54.5 Å². The lowest BCUT2D eigenvalue weighted by Crippen LogP contribution is -2.27. The second-order valence-electron chi connectivity index (χ2n) is 6.05. The zero-order chi connectivity index (χ0) is 18.2. The fraction of sp³-hybridized carbons (Fsp3) is 0.389. The van der Waals surface area contributed by atoms with Gasteiger partial charge in [-0.3, -0.25) is 4.79 Å². The lowest BCUT2D eigenvalue weighted by Gasteiger charge is -2.12. The maximum absolute atomic E-state index is 12.3. The highest BCUT2D eigenvalue weighted by atomic mass is 35.5. The largest absolute Gasteiger partial charge is 0.369 e. The van der Waals surface area contributed by atoms with E-state index < -0.39 is 0 Å². The monoisotopic (exact) mass is 361 g/mol. The number of carbonyl (C=O) groups is 1. The molecule has 1 aromatic heterocycles. The van der Waals surface area contributed by atoms with E-state index in [2.05, 4.69) is 25.5 Å². The van der Waals surface area contributed by atoms with E-state index >= 15 is 0 Å². The molecule has 0 radical (unpaired) electrons. The van der Waals surface area contributed by atoms with Crippen LogP contribution in [0.4, 0.5) is 5.82 Å². The first-order chi connectivity index (χ1) is 11.9. The van der Waals surface area contributed by atoms with Gasteiger partial charge in [0.2, 0.25) is 0 Å². The van der Waals surface area contributed by atoms with E-state index in [9.17, 15) is 4.79 Å². The van der Waals surface area contributed by atoms with Gasteiger partial charge in [-0.2, -0.15) is 0 Å². The molecule has 0 saturated carbocycles. The van der Waals surface area contributed by atoms with Crippen LogP contribution in [0.25, 0.3) is 0 Å². The van der Waals surface area contributed by atoms with Crippen LogP contribution in [0, 0.1) is 6.92 Å². The van der Waals surface area contributed by atoms with Gasteiger partial charge in [0.1, 0.15) is 17.3 Å². The van der Waals surface area contributed by atoms with Gasteiger partial charge in [-0.15, -0.1) is 0 Å². The SMILES string of the molecule is Cc1nc(NCCN(C)C)cc(C(=O)NCCc2ccc(Cl)cc2)n1. The number of halogens is 1. The Bertz CT molecular complexity index is 703.